The summed E-state index contributed by atoms with van der Waals surface area (Å²) in [5, 5.41) is 17.3. The van der Waals surface area contributed by atoms with E-state index < -0.39 is 11.6 Å². The van der Waals surface area contributed by atoms with E-state index in [9.17, 15) is 5.11 Å². The van der Waals surface area contributed by atoms with Gasteiger partial charge in [-0.25, -0.2) is 13.8 Å². The van der Waals surface area contributed by atoms with E-state index in [0.29, 0.717) is 29.2 Å². The Morgan fingerprint density at radius 1 is 1.18 bits per heavy atom. The summed E-state index contributed by atoms with van der Waals surface area (Å²) in [4.78, 5) is 6.73. The lowest BCUT2D eigenvalue weighted by atomic mass is 9.98. The molecular formula is C24H23ClF2N4O2. The minimum absolute atomic E-state index is 0.0119. The molecule has 3 heterocycles. The highest BCUT2D eigenvalue weighted by Gasteiger charge is 2.25. The summed E-state index contributed by atoms with van der Waals surface area (Å²) >= 11 is 6.07. The molecule has 1 aliphatic heterocycles. The number of aromatic hydroxyl groups is 1. The number of aryl methyl sites for hydroxylation is 1. The molecular weight excluding hydrogens is 450 g/mol. The van der Waals surface area contributed by atoms with E-state index in [0.717, 1.165) is 32.0 Å². The van der Waals surface area contributed by atoms with Crippen LogP contribution in [0.5, 0.6) is 11.5 Å². The number of nitrogens with one attached hydrogen (secondary N) is 1. The molecule has 0 unspecified atom stereocenters. The Bertz CT molecular complexity index is 1370. The fourth-order valence-electron chi connectivity index (χ4n) is 4.43. The zero-order valence-electron chi connectivity index (χ0n) is 18.3. The van der Waals surface area contributed by atoms with Crippen LogP contribution < -0.4 is 4.74 Å². The van der Waals surface area contributed by atoms with Gasteiger partial charge in [-0.3, -0.25) is 5.10 Å². The quantitative estimate of drug-likeness (QED) is 0.413. The van der Waals surface area contributed by atoms with Crippen molar-refractivity contribution in [1.82, 2.24) is 20.1 Å². The fourth-order valence-corrected chi connectivity index (χ4v) is 4.61. The Kier molecular flexibility index (Phi) is 5.58. The van der Waals surface area contributed by atoms with Gasteiger partial charge in [0.2, 0.25) is 0 Å². The summed E-state index contributed by atoms with van der Waals surface area (Å²) in [5.41, 5.74) is 1.45. The molecule has 0 radical (unpaired) electrons. The molecule has 1 saturated heterocycles. The molecule has 172 valence electrons. The Morgan fingerprint density at radius 3 is 2.67 bits per heavy atom. The number of aromatic amines is 1. The van der Waals surface area contributed by atoms with Crippen LogP contribution in [0, 0.1) is 24.5 Å². The number of halogens is 3. The first-order valence-electron chi connectivity index (χ1n) is 10.8. The highest BCUT2D eigenvalue weighted by Crippen LogP contribution is 2.41. The average Bonchev–Trinajstić information content (AvgIpc) is 3.17. The maximum Gasteiger partial charge on any atom is 0.182 e. The van der Waals surface area contributed by atoms with E-state index in [-0.39, 0.29) is 38.6 Å². The monoisotopic (exact) mass is 472 g/mol. The molecule has 0 bridgehead atoms. The van der Waals surface area contributed by atoms with Gasteiger partial charge in [0.15, 0.2) is 17.2 Å². The Balaban J connectivity index is 1.66. The first-order valence-corrected chi connectivity index (χ1v) is 11.2. The summed E-state index contributed by atoms with van der Waals surface area (Å²) < 4.78 is 37.2. The first-order chi connectivity index (χ1) is 15.8. The van der Waals surface area contributed by atoms with Gasteiger partial charge in [-0.05, 0) is 64.0 Å². The van der Waals surface area contributed by atoms with Crippen LogP contribution in [0.15, 0.2) is 24.3 Å². The summed E-state index contributed by atoms with van der Waals surface area (Å²) in [6.07, 6.45) is 1.91. The van der Waals surface area contributed by atoms with Gasteiger partial charge in [-0.15, -0.1) is 0 Å². The highest BCUT2D eigenvalue weighted by atomic mass is 35.5. The second kappa shape index (κ2) is 8.43. The number of nitrogens with zero attached hydrogens (tertiary/aromatic N) is 3. The van der Waals surface area contributed by atoms with E-state index >= 15 is 8.78 Å². The van der Waals surface area contributed by atoms with Gasteiger partial charge >= 0.3 is 0 Å². The van der Waals surface area contributed by atoms with E-state index in [2.05, 4.69) is 27.1 Å². The normalized spacial score (nSPS) is 15.5. The van der Waals surface area contributed by atoms with Crippen molar-refractivity contribution in [2.45, 2.75) is 19.8 Å². The zero-order valence-corrected chi connectivity index (χ0v) is 19.0. The summed E-state index contributed by atoms with van der Waals surface area (Å²) in [6, 6.07) is 5.49. The Morgan fingerprint density at radius 2 is 1.94 bits per heavy atom. The van der Waals surface area contributed by atoms with Crippen molar-refractivity contribution in [3.63, 3.8) is 0 Å². The SMILES string of the molecule is Cc1[nH]nc2nc(-c3ccc(O)c(Cl)c3)c3c(F)cc(OCC4CCN(C)CC4)c(F)c3c12. The van der Waals surface area contributed by atoms with Gasteiger partial charge in [0, 0.05) is 28.1 Å². The van der Waals surface area contributed by atoms with E-state index in [1.165, 1.54) is 12.1 Å². The number of aromatic nitrogens is 3. The van der Waals surface area contributed by atoms with Crippen molar-refractivity contribution >= 4 is 33.4 Å². The van der Waals surface area contributed by atoms with Crippen molar-refractivity contribution in [3.8, 4) is 22.8 Å². The number of benzene rings is 2. The van der Waals surface area contributed by atoms with Gasteiger partial charge in [0.25, 0.3) is 0 Å². The summed E-state index contributed by atoms with van der Waals surface area (Å²) in [6.45, 7) is 3.98. The topological polar surface area (TPSA) is 74.3 Å². The molecule has 1 fully saturated rings. The molecule has 33 heavy (non-hydrogen) atoms. The molecule has 6 nitrogen and oxygen atoms in total. The number of piperidine rings is 1. The molecule has 0 aliphatic carbocycles. The molecule has 2 aromatic heterocycles. The summed E-state index contributed by atoms with van der Waals surface area (Å²) in [7, 11) is 2.07. The number of fused-ring (bicyclic) bond motifs is 3. The smallest absolute Gasteiger partial charge is 0.182 e. The lowest BCUT2D eigenvalue weighted by molar-refractivity contribution is 0.157. The second-order valence-corrected chi connectivity index (χ2v) is 9.06. The maximum atomic E-state index is 15.9. The molecule has 0 atom stereocenters. The lowest BCUT2D eigenvalue weighted by Gasteiger charge is -2.28. The van der Waals surface area contributed by atoms with Crippen molar-refractivity contribution in [3.05, 3.63) is 46.6 Å². The zero-order chi connectivity index (χ0) is 23.3. The molecule has 2 N–H and O–H groups in total. The number of likely N-dealkylation sites (tertiary alicyclic amines) is 1. The van der Waals surface area contributed by atoms with Crippen molar-refractivity contribution < 1.29 is 18.6 Å². The van der Waals surface area contributed by atoms with E-state index in [4.69, 9.17) is 16.3 Å². The Labute approximate surface area is 194 Å². The number of hydrogen-bond donors (Lipinski definition) is 2. The highest BCUT2D eigenvalue weighted by molar-refractivity contribution is 6.32. The number of phenolic OH excluding ortho intramolecular Hbond substituents is 1. The van der Waals surface area contributed by atoms with Crippen LogP contribution in [0.4, 0.5) is 8.78 Å². The molecule has 1 aliphatic rings. The molecule has 5 rings (SSSR count). The van der Waals surface area contributed by atoms with Crippen molar-refractivity contribution in [2.75, 3.05) is 26.7 Å². The predicted molar refractivity (Wildman–Crippen MR) is 124 cm³/mol. The van der Waals surface area contributed by atoms with Crippen molar-refractivity contribution in [2.24, 2.45) is 5.92 Å². The molecule has 0 amide bonds. The fraction of sp³-hybridized carbons (Fsp3) is 0.333. The van der Waals surface area contributed by atoms with Gasteiger partial charge in [-0.1, -0.05) is 11.6 Å². The van der Waals surface area contributed by atoms with Gasteiger partial charge in [-0.2, -0.15) is 5.10 Å². The predicted octanol–water partition coefficient (Wildman–Crippen LogP) is 5.44. The van der Waals surface area contributed by atoms with Gasteiger partial charge in [0.05, 0.1) is 22.7 Å². The van der Waals surface area contributed by atoms with Crippen LogP contribution in [0.25, 0.3) is 33.1 Å². The maximum absolute atomic E-state index is 15.9. The van der Waals surface area contributed by atoms with Gasteiger partial charge < -0.3 is 14.7 Å². The standard InChI is InChI=1S/C24H23ClF2N4O2/c1-12-19-21-20(23(28-24(19)30-29-12)14-3-4-17(32)15(25)9-14)16(26)10-18(22(21)27)33-11-13-5-7-31(2)8-6-13/h3-4,9-10,13,32H,5-8,11H2,1-2H3,(H,28,29,30). The molecule has 2 aromatic carbocycles. The number of rotatable bonds is 4. The molecule has 0 spiro atoms. The minimum Gasteiger partial charge on any atom is -0.506 e. The van der Waals surface area contributed by atoms with Crippen molar-refractivity contribution in [1.29, 1.82) is 0 Å². The second-order valence-electron chi connectivity index (χ2n) is 8.65. The number of ether oxygens (including phenoxy) is 1. The Hall–Kier alpha value is -2.97. The number of hydrogen-bond acceptors (Lipinski definition) is 5. The van der Waals surface area contributed by atoms with Crippen LogP contribution in [-0.4, -0.2) is 51.9 Å². The minimum atomic E-state index is -0.654. The largest absolute Gasteiger partial charge is 0.506 e. The number of H-pyrrole nitrogens is 1. The van der Waals surface area contributed by atoms with Crippen LogP contribution >= 0.6 is 11.6 Å². The van der Waals surface area contributed by atoms with E-state index in [1.54, 1.807) is 13.0 Å². The van der Waals surface area contributed by atoms with Crippen LogP contribution in [0.3, 0.4) is 0 Å². The molecule has 9 heteroatoms. The van der Waals surface area contributed by atoms with Crippen LogP contribution in [0.1, 0.15) is 18.5 Å². The van der Waals surface area contributed by atoms with Crippen LogP contribution in [0.2, 0.25) is 5.02 Å². The lowest BCUT2D eigenvalue weighted by Crippen LogP contribution is -2.32. The molecule has 4 aromatic rings. The third-order valence-corrected chi connectivity index (χ3v) is 6.65. The number of pyridine rings is 1. The number of phenols is 1. The van der Waals surface area contributed by atoms with Gasteiger partial charge in [0.1, 0.15) is 11.6 Å². The molecule has 0 saturated carbocycles. The third kappa shape index (κ3) is 3.87. The first kappa shape index (κ1) is 21.9. The average molecular weight is 473 g/mol. The summed E-state index contributed by atoms with van der Waals surface area (Å²) in [5.74, 6) is -1.25. The van der Waals surface area contributed by atoms with E-state index in [1.807, 2.05) is 0 Å². The third-order valence-electron chi connectivity index (χ3n) is 6.35. The van der Waals surface area contributed by atoms with Crippen LogP contribution in [-0.2, 0) is 0 Å².